The van der Waals surface area contributed by atoms with E-state index in [9.17, 15) is 9.18 Å². The Hall–Kier alpha value is -1.18. The maximum atomic E-state index is 13.8. The Kier molecular flexibility index (Phi) is 4.54. The first kappa shape index (κ1) is 15.9. The monoisotopic (exact) mass is 264 g/mol. The summed E-state index contributed by atoms with van der Waals surface area (Å²) >= 11 is 0. The number of hydrogen-bond acceptors (Lipinski definition) is 1. The van der Waals surface area contributed by atoms with Gasteiger partial charge in [-0.1, -0.05) is 41.5 Å². The zero-order chi connectivity index (χ0) is 14.8. The Labute approximate surface area is 116 Å². The van der Waals surface area contributed by atoms with Crippen molar-refractivity contribution in [2.24, 2.45) is 5.41 Å². The van der Waals surface area contributed by atoms with Crippen LogP contribution in [0.15, 0.2) is 18.2 Å². The number of carbonyl (C=O) groups is 1. The van der Waals surface area contributed by atoms with E-state index in [0.29, 0.717) is 17.5 Å². The second-order valence-corrected chi connectivity index (χ2v) is 7.43. The summed E-state index contributed by atoms with van der Waals surface area (Å²) in [4.78, 5) is 12.2. The van der Waals surface area contributed by atoms with Crippen LogP contribution in [0.4, 0.5) is 4.39 Å². The van der Waals surface area contributed by atoms with E-state index in [1.54, 1.807) is 12.1 Å². The lowest BCUT2D eigenvalue weighted by Gasteiger charge is -2.21. The molecule has 0 atom stereocenters. The van der Waals surface area contributed by atoms with Gasteiger partial charge in [-0.05, 0) is 41.0 Å². The van der Waals surface area contributed by atoms with Gasteiger partial charge in [-0.3, -0.25) is 4.79 Å². The molecule has 1 nitrogen and oxygen atoms in total. The molecule has 0 aromatic heterocycles. The lowest BCUT2D eigenvalue weighted by atomic mass is 9.84. The summed E-state index contributed by atoms with van der Waals surface area (Å²) in [5.74, 6) is -0.139. The van der Waals surface area contributed by atoms with Crippen molar-refractivity contribution >= 4 is 5.78 Å². The highest BCUT2D eigenvalue weighted by molar-refractivity contribution is 5.96. The molecule has 19 heavy (non-hydrogen) atoms. The smallest absolute Gasteiger partial charge is 0.162 e. The standard InChI is InChI=1S/C17H25FO/c1-16(2,3)10-9-15(19)12-7-8-14(18)13(11-12)17(4,5)6/h7-8,11H,9-10H2,1-6H3. The quantitative estimate of drug-likeness (QED) is 0.691. The lowest BCUT2D eigenvalue weighted by Crippen LogP contribution is -2.15. The van der Waals surface area contributed by atoms with Gasteiger partial charge < -0.3 is 0 Å². The predicted octanol–water partition coefficient (Wildman–Crippen LogP) is 5.13. The van der Waals surface area contributed by atoms with Crippen molar-refractivity contribution in [3.05, 3.63) is 35.1 Å². The van der Waals surface area contributed by atoms with E-state index in [1.807, 2.05) is 20.8 Å². The molecule has 0 aliphatic heterocycles. The number of benzene rings is 1. The molecule has 2 heteroatoms. The molecule has 0 saturated heterocycles. The van der Waals surface area contributed by atoms with Crippen LogP contribution >= 0.6 is 0 Å². The molecular formula is C17H25FO. The molecule has 1 aromatic carbocycles. The zero-order valence-corrected chi connectivity index (χ0v) is 12.9. The Bertz CT molecular complexity index is 461. The van der Waals surface area contributed by atoms with Crippen molar-refractivity contribution in [2.45, 2.75) is 59.8 Å². The summed E-state index contributed by atoms with van der Waals surface area (Å²) < 4.78 is 13.8. The number of Topliss-reactive ketones (excluding diaryl/α,β-unsaturated/α-hetero) is 1. The first-order valence-electron chi connectivity index (χ1n) is 6.84. The molecule has 0 unspecified atom stereocenters. The fourth-order valence-corrected chi connectivity index (χ4v) is 1.91. The fraction of sp³-hybridized carbons (Fsp3) is 0.588. The van der Waals surface area contributed by atoms with E-state index in [1.165, 1.54) is 6.07 Å². The highest BCUT2D eigenvalue weighted by Crippen LogP contribution is 2.27. The topological polar surface area (TPSA) is 17.1 Å². The molecule has 1 rings (SSSR count). The Balaban J connectivity index is 2.94. The molecule has 0 radical (unpaired) electrons. The highest BCUT2D eigenvalue weighted by atomic mass is 19.1. The third-order valence-electron chi connectivity index (χ3n) is 3.20. The minimum atomic E-state index is -0.287. The fourth-order valence-electron chi connectivity index (χ4n) is 1.91. The summed E-state index contributed by atoms with van der Waals surface area (Å²) in [6.07, 6.45) is 1.35. The first-order chi connectivity index (χ1) is 8.50. The molecule has 0 bridgehead atoms. The van der Waals surface area contributed by atoms with Gasteiger partial charge in [-0.2, -0.15) is 0 Å². The molecule has 1 aromatic rings. The first-order valence-corrected chi connectivity index (χ1v) is 6.84. The van der Waals surface area contributed by atoms with Crippen molar-refractivity contribution in [1.29, 1.82) is 0 Å². The summed E-state index contributed by atoms with van der Waals surface area (Å²) in [6, 6.07) is 4.71. The summed E-state index contributed by atoms with van der Waals surface area (Å²) in [6.45, 7) is 12.2. The average molecular weight is 264 g/mol. The molecule has 0 fully saturated rings. The largest absolute Gasteiger partial charge is 0.294 e. The molecule has 0 heterocycles. The maximum Gasteiger partial charge on any atom is 0.162 e. The minimum Gasteiger partial charge on any atom is -0.294 e. The SMILES string of the molecule is CC(C)(C)CCC(=O)c1ccc(F)c(C(C)(C)C)c1. The van der Waals surface area contributed by atoms with E-state index in [2.05, 4.69) is 20.8 Å². The lowest BCUT2D eigenvalue weighted by molar-refractivity contribution is 0.0966. The van der Waals surface area contributed by atoms with Crippen LogP contribution in [0.3, 0.4) is 0 Å². The number of carbonyl (C=O) groups excluding carboxylic acids is 1. The van der Waals surface area contributed by atoms with Gasteiger partial charge >= 0.3 is 0 Å². The number of rotatable bonds is 3. The summed E-state index contributed by atoms with van der Waals surface area (Å²) in [7, 11) is 0. The molecule has 0 N–H and O–H groups in total. The Morgan fingerprint density at radius 1 is 1.11 bits per heavy atom. The van der Waals surface area contributed by atoms with E-state index >= 15 is 0 Å². The molecular weight excluding hydrogens is 239 g/mol. The van der Waals surface area contributed by atoms with Crippen molar-refractivity contribution in [2.75, 3.05) is 0 Å². The maximum absolute atomic E-state index is 13.8. The van der Waals surface area contributed by atoms with Gasteiger partial charge in [-0.15, -0.1) is 0 Å². The van der Waals surface area contributed by atoms with E-state index in [4.69, 9.17) is 0 Å². The second kappa shape index (κ2) is 5.44. The van der Waals surface area contributed by atoms with Crippen LogP contribution in [0, 0.1) is 11.2 Å². The molecule has 0 aliphatic carbocycles. The van der Waals surface area contributed by atoms with Gasteiger partial charge in [0, 0.05) is 12.0 Å². The Morgan fingerprint density at radius 3 is 2.16 bits per heavy atom. The van der Waals surface area contributed by atoms with Crippen LogP contribution in [-0.2, 0) is 5.41 Å². The third kappa shape index (κ3) is 4.77. The molecule has 0 saturated carbocycles. The van der Waals surface area contributed by atoms with Crippen LogP contribution in [-0.4, -0.2) is 5.78 Å². The summed E-state index contributed by atoms with van der Waals surface area (Å²) in [5.41, 5.74) is 1.08. The van der Waals surface area contributed by atoms with Crippen LogP contribution in [0.1, 0.15) is 70.3 Å². The Morgan fingerprint density at radius 2 is 1.68 bits per heavy atom. The predicted molar refractivity (Wildman–Crippen MR) is 78.1 cm³/mol. The van der Waals surface area contributed by atoms with Crippen molar-refractivity contribution < 1.29 is 9.18 Å². The third-order valence-corrected chi connectivity index (χ3v) is 3.20. The van der Waals surface area contributed by atoms with Crippen LogP contribution < -0.4 is 0 Å². The van der Waals surface area contributed by atoms with Gasteiger partial charge in [0.25, 0.3) is 0 Å². The minimum absolute atomic E-state index is 0.0976. The molecule has 0 spiro atoms. The van der Waals surface area contributed by atoms with Crippen LogP contribution in [0.25, 0.3) is 0 Å². The van der Waals surface area contributed by atoms with Crippen molar-refractivity contribution in [1.82, 2.24) is 0 Å². The van der Waals surface area contributed by atoms with Crippen LogP contribution in [0.2, 0.25) is 0 Å². The highest BCUT2D eigenvalue weighted by Gasteiger charge is 2.21. The van der Waals surface area contributed by atoms with E-state index in [0.717, 1.165) is 6.42 Å². The van der Waals surface area contributed by atoms with Crippen molar-refractivity contribution in [3.63, 3.8) is 0 Å². The number of halogens is 1. The van der Waals surface area contributed by atoms with Gasteiger partial charge in [0.15, 0.2) is 5.78 Å². The van der Waals surface area contributed by atoms with Crippen molar-refractivity contribution in [3.8, 4) is 0 Å². The van der Waals surface area contributed by atoms with Gasteiger partial charge in [0.05, 0.1) is 0 Å². The van der Waals surface area contributed by atoms with E-state index < -0.39 is 0 Å². The molecule has 0 amide bonds. The summed E-state index contributed by atoms with van der Waals surface area (Å²) in [5, 5.41) is 0. The van der Waals surface area contributed by atoms with E-state index in [-0.39, 0.29) is 22.4 Å². The zero-order valence-electron chi connectivity index (χ0n) is 12.9. The van der Waals surface area contributed by atoms with Gasteiger partial charge in [0.2, 0.25) is 0 Å². The second-order valence-electron chi connectivity index (χ2n) is 7.43. The average Bonchev–Trinajstić information content (AvgIpc) is 2.24. The van der Waals surface area contributed by atoms with Gasteiger partial charge in [0.1, 0.15) is 5.82 Å². The number of hydrogen-bond donors (Lipinski definition) is 0. The molecule has 0 aliphatic rings. The number of ketones is 1. The van der Waals surface area contributed by atoms with Gasteiger partial charge in [-0.25, -0.2) is 4.39 Å². The normalized spacial score (nSPS) is 12.6. The van der Waals surface area contributed by atoms with Crippen LogP contribution in [0.5, 0.6) is 0 Å². The molecule has 106 valence electrons.